The smallest absolute Gasteiger partial charge is 0.308 e. The summed E-state index contributed by atoms with van der Waals surface area (Å²) in [6.45, 7) is 6.35. The fourth-order valence-corrected chi connectivity index (χ4v) is 1.25. The summed E-state index contributed by atoms with van der Waals surface area (Å²) in [5.41, 5.74) is 0. The van der Waals surface area contributed by atoms with Gasteiger partial charge in [0, 0.05) is 25.0 Å². The van der Waals surface area contributed by atoms with Gasteiger partial charge in [0.15, 0.2) is 0 Å². The van der Waals surface area contributed by atoms with Crippen molar-refractivity contribution in [3.63, 3.8) is 0 Å². The van der Waals surface area contributed by atoms with Gasteiger partial charge >= 0.3 is 5.97 Å². The molecule has 0 aliphatic carbocycles. The first-order valence-corrected chi connectivity index (χ1v) is 5.06. The number of aromatic nitrogens is 2. The Balaban J connectivity index is 2.65. The van der Waals surface area contributed by atoms with E-state index in [4.69, 9.17) is 5.11 Å². The molecule has 0 bridgehead atoms. The molecular formula is C10H17N3O2. The summed E-state index contributed by atoms with van der Waals surface area (Å²) < 4.78 is 1.94. The predicted octanol–water partition coefficient (Wildman–Crippen LogP) is 1.42. The van der Waals surface area contributed by atoms with E-state index in [2.05, 4.69) is 10.3 Å². The third-order valence-corrected chi connectivity index (χ3v) is 2.55. The lowest BCUT2D eigenvalue weighted by Gasteiger charge is -2.18. The molecule has 0 amide bonds. The summed E-state index contributed by atoms with van der Waals surface area (Å²) in [4.78, 5) is 14.9. The highest BCUT2D eigenvalue weighted by atomic mass is 16.4. The highest BCUT2D eigenvalue weighted by molar-refractivity contribution is 5.70. The lowest BCUT2D eigenvalue weighted by Crippen LogP contribution is -2.30. The van der Waals surface area contributed by atoms with Crippen LogP contribution in [-0.2, 0) is 11.3 Å². The van der Waals surface area contributed by atoms with E-state index in [1.165, 1.54) is 0 Å². The van der Waals surface area contributed by atoms with Crippen LogP contribution < -0.4 is 5.32 Å². The van der Waals surface area contributed by atoms with Crippen LogP contribution in [0.3, 0.4) is 0 Å². The summed E-state index contributed by atoms with van der Waals surface area (Å²) >= 11 is 0. The number of aliphatic carboxylic acids is 1. The maximum atomic E-state index is 10.8. The first kappa shape index (κ1) is 11.6. The Labute approximate surface area is 89.1 Å². The van der Waals surface area contributed by atoms with Crippen LogP contribution in [0.4, 0.5) is 5.95 Å². The molecule has 5 heteroatoms. The lowest BCUT2D eigenvalue weighted by molar-refractivity contribution is -0.141. The monoisotopic (exact) mass is 211 g/mol. The molecule has 0 saturated carbocycles. The van der Waals surface area contributed by atoms with Crippen molar-refractivity contribution < 1.29 is 9.90 Å². The van der Waals surface area contributed by atoms with Crippen LogP contribution in [0, 0.1) is 5.92 Å². The first-order valence-electron chi connectivity index (χ1n) is 5.06. The van der Waals surface area contributed by atoms with Gasteiger partial charge in [-0.1, -0.05) is 0 Å². The Hall–Kier alpha value is -1.52. The molecule has 2 unspecified atom stereocenters. The average Bonchev–Trinajstić information content (AvgIpc) is 2.63. The van der Waals surface area contributed by atoms with Crippen LogP contribution >= 0.6 is 0 Å². The molecule has 1 rings (SSSR count). The molecule has 0 radical (unpaired) electrons. The lowest BCUT2D eigenvalue weighted by atomic mass is 10.0. The molecule has 0 saturated heterocycles. The molecule has 1 heterocycles. The number of hydrogen-bond donors (Lipinski definition) is 2. The Kier molecular flexibility index (Phi) is 3.71. The van der Waals surface area contributed by atoms with Crippen LogP contribution in [0.25, 0.3) is 0 Å². The molecule has 15 heavy (non-hydrogen) atoms. The van der Waals surface area contributed by atoms with Gasteiger partial charge in [0.25, 0.3) is 0 Å². The molecule has 0 aliphatic rings. The van der Waals surface area contributed by atoms with Gasteiger partial charge in [-0.2, -0.15) is 0 Å². The molecule has 2 N–H and O–H groups in total. The number of carboxylic acid groups (broad SMARTS) is 1. The maximum Gasteiger partial charge on any atom is 0.308 e. The minimum atomic E-state index is -0.801. The minimum absolute atomic E-state index is 0.143. The molecule has 5 nitrogen and oxygen atoms in total. The van der Waals surface area contributed by atoms with Crippen molar-refractivity contribution in [1.82, 2.24) is 9.55 Å². The maximum absolute atomic E-state index is 10.8. The number of nitrogens with one attached hydrogen (secondary N) is 1. The zero-order chi connectivity index (χ0) is 11.4. The van der Waals surface area contributed by atoms with Crippen molar-refractivity contribution in [2.75, 3.05) is 5.32 Å². The van der Waals surface area contributed by atoms with Gasteiger partial charge in [-0.15, -0.1) is 0 Å². The van der Waals surface area contributed by atoms with E-state index in [1.54, 1.807) is 13.1 Å². The van der Waals surface area contributed by atoms with Crippen LogP contribution in [0.1, 0.15) is 20.8 Å². The molecule has 0 aromatic carbocycles. The first-order chi connectivity index (χ1) is 7.06. The Bertz CT molecular complexity index is 335. The Morgan fingerprint density at radius 2 is 2.33 bits per heavy atom. The topological polar surface area (TPSA) is 67.2 Å². The van der Waals surface area contributed by atoms with Gasteiger partial charge in [0.1, 0.15) is 0 Å². The van der Waals surface area contributed by atoms with Crippen molar-refractivity contribution in [2.24, 2.45) is 5.92 Å². The predicted molar refractivity (Wildman–Crippen MR) is 57.8 cm³/mol. The van der Waals surface area contributed by atoms with E-state index in [1.807, 2.05) is 24.6 Å². The zero-order valence-electron chi connectivity index (χ0n) is 9.27. The number of rotatable bonds is 5. The fraction of sp³-hybridized carbons (Fsp3) is 0.600. The van der Waals surface area contributed by atoms with Crippen molar-refractivity contribution in [3.05, 3.63) is 12.4 Å². The normalized spacial score (nSPS) is 14.6. The van der Waals surface area contributed by atoms with E-state index in [0.717, 1.165) is 12.5 Å². The van der Waals surface area contributed by atoms with Crippen molar-refractivity contribution >= 4 is 11.9 Å². The summed E-state index contributed by atoms with van der Waals surface area (Å²) in [5.74, 6) is -0.519. The van der Waals surface area contributed by atoms with Gasteiger partial charge in [0.2, 0.25) is 5.95 Å². The van der Waals surface area contributed by atoms with Crippen molar-refractivity contribution in [2.45, 2.75) is 33.4 Å². The van der Waals surface area contributed by atoms with Gasteiger partial charge in [-0.05, 0) is 20.8 Å². The number of carboxylic acids is 1. The van der Waals surface area contributed by atoms with E-state index < -0.39 is 11.9 Å². The number of hydrogen-bond acceptors (Lipinski definition) is 3. The second-order valence-corrected chi connectivity index (χ2v) is 3.60. The van der Waals surface area contributed by atoms with E-state index >= 15 is 0 Å². The molecule has 84 valence electrons. The SMILES string of the molecule is CCn1ccnc1NC(C)C(C)C(=O)O. The van der Waals surface area contributed by atoms with Crippen molar-refractivity contribution in [3.8, 4) is 0 Å². The van der Waals surface area contributed by atoms with E-state index in [0.29, 0.717) is 0 Å². The number of nitrogens with zero attached hydrogens (tertiary/aromatic N) is 2. The highest BCUT2D eigenvalue weighted by Gasteiger charge is 2.20. The summed E-state index contributed by atoms with van der Waals surface area (Å²) in [7, 11) is 0. The van der Waals surface area contributed by atoms with Crippen LogP contribution in [0.15, 0.2) is 12.4 Å². The number of carbonyl (C=O) groups is 1. The largest absolute Gasteiger partial charge is 0.481 e. The third kappa shape index (κ3) is 2.71. The number of anilines is 1. The van der Waals surface area contributed by atoms with E-state index in [9.17, 15) is 4.79 Å². The highest BCUT2D eigenvalue weighted by Crippen LogP contribution is 2.11. The van der Waals surface area contributed by atoms with Crippen LogP contribution in [0.2, 0.25) is 0 Å². The van der Waals surface area contributed by atoms with Crippen LogP contribution in [0.5, 0.6) is 0 Å². The molecule has 0 fully saturated rings. The molecule has 1 aromatic heterocycles. The molecule has 0 spiro atoms. The molecular weight excluding hydrogens is 194 g/mol. The Morgan fingerprint density at radius 3 is 2.87 bits per heavy atom. The van der Waals surface area contributed by atoms with Crippen molar-refractivity contribution in [1.29, 1.82) is 0 Å². The minimum Gasteiger partial charge on any atom is -0.481 e. The second kappa shape index (κ2) is 4.82. The summed E-state index contributed by atoms with van der Waals surface area (Å²) in [5, 5.41) is 11.9. The quantitative estimate of drug-likeness (QED) is 0.773. The Morgan fingerprint density at radius 1 is 1.67 bits per heavy atom. The molecule has 2 atom stereocenters. The van der Waals surface area contributed by atoms with Crippen LogP contribution in [-0.4, -0.2) is 26.7 Å². The van der Waals surface area contributed by atoms with Gasteiger partial charge in [-0.25, -0.2) is 4.98 Å². The molecule has 1 aromatic rings. The number of aryl methyl sites for hydroxylation is 1. The van der Waals surface area contributed by atoms with Gasteiger partial charge in [-0.3, -0.25) is 4.79 Å². The fourth-order valence-electron chi connectivity index (χ4n) is 1.25. The third-order valence-electron chi connectivity index (χ3n) is 2.55. The average molecular weight is 211 g/mol. The van der Waals surface area contributed by atoms with E-state index in [-0.39, 0.29) is 6.04 Å². The summed E-state index contributed by atoms with van der Waals surface area (Å²) in [6, 6.07) is -0.143. The van der Waals surface area contributed by atoms with Gasteiger partial charge in [0.05, 0.1) is 5.92 Å². The number of imidazole rings is 1. The standard InChI is InChI=1S/C10H17N3O2/c1-4-13-6-5-11-10(13)12-8(3)7(2)9(14)15/h5-8H,4H2,1-3H3,(H,11,12)(H,14,15). The molecule has 0 aliphatic heterocycles. The zero-order valence-corrected chi connectivity index (χ0v) is 9.27. The van der Waals surface area contributed by atoms with Gasteiger partial charge < -0.3 is 15.0 Å². The summed E-state index contributed by atoms with van der Waals surface area (Å²) in [6.07, 6.45) is 3.56. The second-order valence-electron chi connectivity index (χ2n) is 3.60.